The topological polar surface area (TPSA) is 55.4 Å². The van der Waals surface area contributed by atoms with Gasteiger partial charge in [0.25, 0.3) is 5.91 Å². The summed E-state index contributed by atoms with van der Waals surface area (Å²) in [5.74, 6) is -2.27. The van der Waals surface area contributed by atoms with Gasteiger partial charge in [0.15, 0.2) is 6.61 Å². The van der Waals surface area contributed by atoms with Gasteiger partial charge in [-0.2, -0.15) is 0 Å². The van der Waals surface area contributed by atoms with Crippen LogP contribution in [0.2, 0.25) is 5.02 Å². The summed E-state index contributed by atoms with van der Waals surface area (Å²) in [5, 5.41) is 2.81. The molecule has 3 rings (SSSR count). The summed E-state index contributed by atoms with van der Waals surface area (Å²) in [4.78, 5) is 24.5. The molecule has 3 aromatic carbocycles. The number of carbonyl (C=O) groups excluding carboxylic acids is 2. The standard InChI is InChI=1S/C23H19ClFNO3/c24-18-12-7-13-19(25)22(18)23(28)29-15-21(27)26-20(17-10-5-2-6-11-17)14-16-8-3-1-4-9-16/h1-13,20H,14-15H2,(H,26,27)/t20-/m1/s1. The highest BCUT2D eigenvalue weighted by Gasteiger charge is 2.20. The Morgan fingerprint density at radius 1 is 0.931 bits per heavy atom. The quantitative estimate of drug-likeness (QED) is 0.571. The number of halogens is 2. The molecule has 0 aliphatic rings. The molecule has 0 fully saturated rings. The van der Waals surface area contributed by atoms with Crippen LogP contribution in [-0.2, 0) is 16.0 Å². The molecular formula is C23H19ClFNO3. The van der Waals surface area contributed by atoms with E-state index in [0.717, 1.165) is 17.2 Å². The monoisotopic (exact) mass is 411 g/mol. The van der Waals surface area contributed by atoms with Crippen molar-refractivity contribution in [3.63, 3.8) is 0 Å². The maximum atomic E-state index is 13.8. The SMILES string of the molecule is O=C(COC(=O)c1c(F)cccc1Cl)N[C@H](Cc1ccccc1)c1ccccc1. The first-order valence-electron chi connectivity index (χ1n) is 9.04. The highest BCUT2D eigenvalue weighted by atomic mass is 35.5. The molecule has 1 amide bonds. The summed E-state index contributed by atoms with van der Waals surface area (Å²) in [7, 11) is 0. The van der Waals surface area contributed by atoms with Gasteiger partial charge in [-0.15, -0.1) is 0 Å². The van der Waals surface area contributed by atoms with Crippen LogP contribution in [0.4, 0.5) is 4.39 Å². The second-order valence-corrected chi connectivity index (χ2v) is 6.80. The summed E-state index contributed by atoms with van der Waals surface area (Å²) in [6, 6.07) is 22.8. The molecule has 0 saturated heterocycles. The molecule has 148 valence electrons. The Morgan fingerprint density at radius 2 is 1.59 bits per heavy atom. The molecule has 0 heterocycles. The van der Waals surface area contributed by atoms with Crippen LogP contribution in [-0.4, -0.2) is 18.5 Å². The first kappa shape index (κ1) is 20.6. The summed E-state index contributed by atoms with van der Waals surface area (Å²) in [5.41, 5.74) is 1.59. The summed E-state index contributed by atoms with van der Waals surface area (Å²) in [6.07, 6.45) is 0.573. The first-order valence-corrected chi connectivity index (χ1v) is 9.42. The predicted octanol–water partition coefficient (Wildman–Crippen LogP) is 4.74. The highest BCUT2D eigenvalue weighted by Crippen LogP contribution is 2.20. The van der Waals surface area contributed by atoms with Crippen molar-refractivity contribution in [3.05, 3.63) is 106 Å². The summed E-state index contributed by atoms with van der Waals surface area (Å²) < 4.78 is 18.8. The molecule has 1 atom stereocenters. The maximum Gasteiger partial charge on any atom is 0.343 e. The fourth-order valence-corrected chi connectivity index (χ4v) is 3.16. The van der Waals surface area contributed by atoms with E-state index in [2.05, 4.69) is 5.32 Å². The van der Waals surface area contributed by atoms with Gasteiger partial charge in [-0.3, -0.25) is 4.79 Å². The van der Waals surface area contributed by atoms with Crippen LogP contribution in [0.15, 0.2) is 78.9 Å². The molecule has 4 nitrogen and oxygen atoms in total. The van der Waals surface area contributed by atoms with E-state index in [1.807, 2.05) is 60.7 Å². The zero-order valence-electron chi connectivity index (χ0n) is 15.5. The fraction of sp³-hybridized carbons (Fsp3) is 0.130. The lowest BCUT2D eigenvalue weighted by Gasteiger charge is -2.19. The van der Waals surface area contributed by atoms with Gasteiger partial charge in [0.05, 0.1) is 11.1 Å². The molecule has 6 heteroatoms. The second-order valence-electron chi connectivity index (χ2n) is 6.39. The Labute approximate surface area is 173 Å². The Bertz CT molecular complexity index is 960. The van der Waals surface area contributed by atoms with Crippen molar-refractivity contribution in [2.24, 2.45) is 0 Å². The minimum Gasteiger partial charge on any atom is -0.452 e. The van der Waals surface area contributed by atoms with E-state index in [-0.39, 0.29) is 16.6 Å². The Balaban J connectivity index is 1.66. The zero-order chi connectivity index (χ0) is 20.6. The third-order valence-electron chi connectivity index (χ3n) is 4.32. The van der Waals surface area contributed by atoms with Gasteiger partial charge in [0, 0.05) is 0 Å². The fourth-order valence-electron chi connectivity index (χ4n) is 2.92. The minimum atomic E-state index is -0.984. The van der Waals surface area contributed by atoms with Crippen LogP contribution in [0.3, 0.4) is 0 Å². The van der Waals surface area contributed by atoms with Crippen molar-refractivity contribution in [1.82, 2.24) is 5.32 Å². The lowest BCUT2D eigenvalue weighted by atomic mass is 9.99. The number of benzene rings is 3. The van der Waals surface area contributed by atoms with Gasteiger partial charge in [-0.1, -0.05) is 78.3 Å². The third kappa shape index (κ3) is 5.65. The Hall–Kier alpha value is -3.18. The minimum absolute atomic E-state index is 0.0679. The normalized spacial score (nSPS) is 11.5. The third-order valence-corrected chi connectivity index (χ3v) is 4.64. The second kappa shape index (κ2) is 9.85. The van der Waals surface area contributed by atoms with Crippen molar-refractivity contribution in [2.45, 2.75) is 12.5 Å². The van der Waals surface area contributed by atoms with Gasteiger partial charge in [-0.25, -0.2) is 9.18 Å². The molecule has 0 aromatic heterocycles. The number of carbonyl (C=O) groups is 2. The van der Waals surface area contributed by atoms with E-state index in [1.54, 1.807) is 0 Å². The van der Waals surface area contributed by atoms with E-state index >= 15 is 0 Å². The van der Waals surface area contributed by atoms with Crippen LogP contribution in [0.25, 0.3) is 0 Å². The van der Waals surface area contributed by atoms with E-state index in [4.69, 9.17) is 16.3 Å². The molecular weight excluding hydrogens is 393 g/mol. The van der Waals surface area contributed by atoms with Crippen molar-refractivity contribution < 1.29 is 18.7 Å². The van der Waals surface area contributed by atoms with E-state index < -0.39 is 24.3 Å². The molecule has 0 bridgehead atoms. The van der Waals surface area contributed by atoms with Gasteiger partial charge in [0.1, 0.15) is 11.4 Å². The van der Waals surface area contributed by atoms with Crippen LogP contribution >= 0.6 is 11.6 Å². The van der Waals surface area contributed by atoms with Gasteiger partial charge in [-0.05, 0) is 29.7 Å². The number of hydrogen-bond acceptors (Lipinski definition) is 3. The number of amides is 1. The summed E-state index contributed by atoms with van der Waals surface area (Å²) in [6.45, 7) is -0.540. The van der Waals surface area contributed by atoms with Crippen LogP contribution < -0.4 is 5.32 Å². The smallest absolute Gasteiger partial charge is 0.343 e. The molecule has 29 heavy (non-hydrogen) atoms. The number of rotatable bonds is 7. The molecule has 3 aromatic rings. The van der Waals surface area contributed by atoms with Gasteiger partial charge < -0.3 is 10.1 Å². The molecule has 0 aliphatic carbocycles. The lowest BCUT2D eigenvalue weighted by Crippen LogP contribution is -2.33. The van der Waals surface area contributed by atoms with Crippen molar-refractivity contribution >= 4 is 23.5 Å². The predicted molar refractivity (Wildman–Crippen MR) is 109 cm³/mol. The van der Waals surface area contributed by atoms with Gasteiger partial charge in [0.2, 0.25) is 0 Å². The number of esters is 1. The zero-order valence-corrected chi connectivity index (χ0v) is 16.2. The first-order chi connectivity index (χ1) is 14.0. The number of hydrogen-bond donors (Lipinski definition) is 1. The lowest BCUT2D eigenvalue weighted by molar-refractivity contribution is -0.125. The van der Waals surface area contributed by atoms with Crippen molar-refractivity contribution in [2.75, 3.05) is 6.61 Å². The van der Waals surface area contributed by atoms with Crippen LogP contribution in [0.1, 0.15) is 27.5 Å². The van der Waals surface area contributed by atoms with Gasteiger partial charge >= 0.3 is 5.97 Å². The average molecular weight is 412 g/mol. The van der Waals surface area contributed by atoms with Crippen LogP contribution in [0, 0.1) is 5.82 Å². The van der Waals surface area contributed by atoms with E-state index in [9.17, 15) is 14.0 Å². The number of ether oxygens (including phenoxy) is 1. The van der Waals surface area contributed by atoms with Crippen LogP contribution in [0.5, 0.6) is 0 Å². The molecule has 0 radical (unpaired) electrons. The maximum absolute atomic E-state index is 13.8. The number of nitrogens with one attached hydrogen (secondary N) is 1. The molecule has 0 aliphatic heterocycles. The Morgan fingerprint density at radius 3 is 2.24 bits per heavy atom. The largest absolute Gasteiger partial charge is 0.452 e. The molecule has 0 unspecified atom stereocenters. The highest BCUT2D eigenvalue weighted by molar-refractivity contribution is 6.33. The average Bonchev–Trinajstić information content (AvgIpc) is 2.73. The van der Waals surface area contributed by atoms with Crippen molar-refractivity contribution in [3.8, 4) is 0 Å². The molecule has 1 N–H and O–H groups in total. The molecule has 0 saturated carbocycles. The van der Waals surface area contributed by atoms with E-state index in [0.29, 0.717) is 6.42 Å². The Kier molecular flexibility index (Phi) is 6.98. The van der Waals surface area contributed by atoms with Crippen molar-refractivity contribution in [1.29, 1.82) is 0 Å². The van der Waals surface area contributed by atoms with E-state index in [1.165, 1.54) is 12.1 Å². The summed E-state index contributed by atoms with van der Waals surface area (Å²) >= 11 is 5.85. The molecule has 0 spiro atoms.